The minimum absolute atomic E-state index is 0.0969. The fraction of sp³-hybridized carbons (Fsp3) is 0.167. The van der Waals surface area contributed by atoms with Crippen LogP contribution in [0.1, 0.15) is 19.4 Å². The van der Waals surface area contributed by atoms with Crippen LogP contribution in [-0.2, 0) is 10.2 Å². The Labute approximate surface area is 136 Å². The molecule has 2 N–H and O–H groups in total. The molecule has 2 aromatic carbocycles. The van der Waals surface area contributed by atoms with Crippen molar-refractivity contribution in [3.8, 4) is 0 Å². The standard InChI is InChI=1S/C18H15F3N2O/c1-18(2,13-9-22-16-8-11(20)3-5-12(13)16)17(24)23-15-6-4-10(19)7-14(15)21/h3-9,22H,1-2H3,(H,23,24). The molecule has 0 atom stereocenters. The summed E-state index contributed by atoms with van der Waals surface area (Å²) in [5, 5.41) is 3.18. The van der Waals surface area contributed by atoms with Gasteiger partial charge in [0.25, 0.3) is 0 Å². The monoisotopic (exact) mass is 332 g/mol. The molecule has 0 aliphatic carbocycles. The summed E-state index contributed by atoms with van der Waals surface area (Å²) in [6.07, 6.45) is 1.63. The van der Waals surface area contributed by atoms with E-state index in [-0.39, 0.29) is 11.5 Å². The first kappa shape index (κ1) is 16.1. The van der Waals surface area contributed by atoms with E-state index in [4.69, 9.17) is 0 Å². The highest BCUT2D eigenvalue weighted by Crippen LogP contribution is 2.32. The Balaban J connectivity index is 1.95. The molecule has 1 aromatic heterocycles. The predicted octanol–water partition coefficient (Wildman–Crippen LogP) is 4.50. The van der Waals surface area contributed by atoms with Crippen molar-refractivity contribution in [2.75, 3.05) is 5.32 Å². The van der Waals surface area contributed by atoms with Gasteiger partial charge in [0.2, 0.25) is 5.91 Å². The summed E-state index contributed by atoms with van der Waals surface area (Å²) in [6, 6.07) is 7.18. The summed E-state index contributed by atoms with van der Waals surface area (Å²) in [5.41, 5.74) is 0.105. The molecule has 24 heavy (non-hydrogen) atoms. The molecule has 124 valence electrons. The minimum Gasteiger partial charge on any atom is -0.361 e. The van der Waals surface area contributed by atoms with Crippen LogP contribution in [0, 0.1) is 17.5 Å². The van der Waals surface area contributed by atoms with Gasteiger partial charge in [-0.05, 0) is 49.7 Å². The Bertz CT molecular complexity index is 931. The van der Waals surface area contributed by atoms with E-state index in [1.807, 2.05) is 0 Å². The van der Waals surface area contributed by atoms with E-state index < -0.39 is 23.0 Å². The second kappa shape index (κ2) is 5.70. The lowest BCUT2D eigenvalue weighted by molar-refractivity contribution is -0.120. The molecule has 0 saturated carbocycles. The first-order valence-corrected chi connectivity index (χ1v) is 7.32. The van der Waals surface area contributed by atoms with Gasteiger partial charge in [0, 0.05) is 23.2 Å². The number of aromatic amines is 1. The SMILES string of the molecule is CC(C)(C(=O)Nc1ccc(F)cc1F)c1c[nH]c2cc(F)ccc12. The molecule has 0 unspecified atom stereocenters. The highest BCUT2D eigenvalue weighted by Gasteiger charge is 2.32. The van der Waals surface area contributed by atoms with Gasteiger partial charge in [-0.1, -0.05) is 0 Å². The number of H-pyrrole nitrogens is 1. The van der Waals surface area contributed by atoms with Crippen molar-refractivity contribution in [3.63, 3.8) is 0 Å². The number of anilines is 1. The molecule has 3 aromatic rings. The van der Waals surface area contributed by atoms with E-state index in [2.05, 4.69) is 10.3 Å². The summed E-state index contributed by atoms with van der Waals surface area (Å²) in [5.74, 6) is -2.41. The van der Waals surface area contributed by atoms with Crippen molar-refractivity contribution in [1.29, 1.82) is 0 Å². The van der Waals surface area contributed by atoms with E-state index in [1.54, 1.807) is 26.1 Å². The summed E-state index contributed by atoms with van der Waals surface area (Å²) in [6.45, 7) is 3.35. The number of hydrogen-bond acceptors (Lipinski definition) is 1. The van der Waals surface area contributed by atoms with E-state index in [9.17, 15) is 18.0 Å². The zero-order valence-corrected chi connectivity index (χ0v) is 13.1. The van der Waals surface area contributed by atoms with Crippen molar-refractivity contribution in [2.45, 2.75) is 19.3 Å². The summed E-state index contributed by atoms with van der Waals surface area (Å²) in [7, 11) is 0. The van der Waals surface area contributed by atoms with Gasteiger partial charge in [-0.25, -0.2) is 13.2 Å². The highest BCUT2D eigenvalue weighted by molar-refractivity contribution is 6.01. The van der Waals surface area contributed by atoms with Crippen LogP contribution < -0.4 is 5.32 Å². The molecule has 0 bridgehead atoms. The van der Waals surface area contributed by atoms with E-state index in [0.717, 1.165) is 6.07 Å². The molecular formula is C18H15F3N2O. The number of amides is 1. The van der Waals surface area contributed by atoms with Crippen molar-refractivity contribution < 1.29 is 18.0 Å². The predicted molar refractivity (Wildman–Crippen MR) is 86.3 cm³/mol. The molecule has 0 aliphatic rings. The molecule has 1 heterocycles. The van der Waals surface area contributed by atoms with Gasteiger partial charge in [-0.15, -0.1) is 0 Å². The Morgan fingerprint density at radius 2 is 1.71 bits per heavy atom. The number of rotatable bonds is 3. The zero-order chi connectivity index (χ0) is 17.5. The molecular weight excluding hydrogens is 317 g/mol. The summed E-state index contributed by atoms with van der Waals surface area (Å²) < 4.78 is 40.0. The topological polar surface area (TPSA) is 44.9 Å². The van der Waals surface area contributed by atoms with Crippen LogP contribution >= 0.6 is 0 Å². The molecule has 3 rings (SSSR count). The fourth-order valence-corrected chi connectivity index (χ4v) is 2.61. The lowest BCUT2D eigenvalue weighted by atomic mass is 9.83. The third-order valence-electron chi connectivity index (χ3n) is 4.06. The van der Waals surface area contributed by atoms with E-state index >= 15 is 0 Å². The largest absolute Gasteiger partial charge is 0.361 e. The maximum Gasteiger partial charge on any atom is 0.234 e. The van der Waals surface area contributed by atoms with E-state index in [0.29, 0.717) is 22.5 Å². The van der Waals surface area contributed by atoms with Gasteiger partial charge >= 0.3 is 0 Å². The number of nitrogens with one attached hydrogen (secondary N) is 2. The Kier molecular flexibility index (Phi) is 3.83. The number of fused-ring (bicyclic) bond motifs is 1. The molecule has 0 aliphatic heterocycles. The third-order valence-corrected chi connectivity index (χ3v) is 4.06. The summed E-state index contributed by atoms with van der Waals surface area (Å²) in [4.78, 5) is 15.5. The van der Waals surface area contributed by atoms with Gasteiger partial charge in [0.1, 0.15) is 17.5 Å². The number of hydrogen-bond donors (Lipinski definition) is 2. The van der Waals surface area contributed by atoms with Crippen LogP contribution in [0.5, 0.6) is 0 Å². The van der Waals surface area contributed by atoms with E-state index in [1.165, 1.54) is 18.2 Å². The lowest BCUT2D eigenvalue weighted by Crippen LogP contribution is -2.34. The highest BCUT2D eigenvalue weighted by atomic mass is 19.1. The van der Waals surface area contributed by atoms with Crippen molar-refractivity contribution in [3.05, 3.63) is 65.6 Å². The first-order chi connectivity index (χ1) is 11.3. The Morgan fingerprint density at radius 1 is 1.04 bits per heavy atom. The quantitative estimate of drug-likeness (QED) is 0.729. The smallest absolute Gasteiger partial charge is 0.234 e. The number of carbonyl (C=O) groups is 1. The number of aromatic nitrogens is 1. The number of carbonyl (C=O) groups excluding carboxylic acids is 1. The van der Waals surface area contributed by atoms with Gasteiger partial charge in [-0.2, -0.15) is 0 Å². The van der Waals surface area contributed by atoms with Crippen LogP contribution in [0.2, 0.25) is 0 Å². The second-order valence-electron chi connectivity index (χ2n) is 6.10. The second-order valence-corrected chi connectivity index (χ2v) is 6.10. The number of halogens is 3. The van der Waals surface area contributed by atoms with Gasteiger partial charge in [-0.3, -0.25) is 4.79 Å². The molecule has 3 nitrogen and oxygen atoms in total. The molecule has 0 saturated heterocycles. The van der Waals surface area contributed by atoms with Crippen LogP contribution in [0.3, 0.4) is 0 Å². The molecule has 6 heteroatoms. The lowest BCUT2D eigenvalue weighted by Gasteiger charge is -2.23. The van der Waals surface area contributed by atoms with Gasteiger partial charge < -0.3 is 10.3 Å². The van der Waals surface area contributed by atoms with Crippen LogP contribution in [0.25, 0.3) is 10.9 Å². The van der Waals surface area contributed by atoms with Gasteiger partial charge in [0.05, 0.1) is 11.1 Å². The molecule has 0 radical (unpaired) electrons. The maximum atomic E-state index is 13.7. The normalized spacial score (nSPS) is 11.7. The zero-order valence-electron chi connectivity index (χ0n) is 13.1. The van der Waals surface area contributed by atoms with Crippen molar-refractivity contribution >= 4 is 22.5 Å². The first-order valence-electron chi connectivity index (χ1n) is 7.32. The van der Waals surface area contributed by atoms with Crippen LogP contribution in [0.15, 0.2) is 42.6 Å². The molecule has 0 fully saturated rings. The average Bonchev–Trinajstić information content (AvgIpc) is 2.93. The van der Waals surface area contributed by atoms with Crippen LogP contribution in [0.4, 0.5) is 18.9 Å². The molecule has 1 amide bonds. The van der Waals surface area contributed by atoms with Crippen molar-refractivity contribution in [1.82, 2.24) is 4.98 Å². The minimum atomic E-state index is -1.02. The van der Waals surface area contributed by atoms with Crippen molar-refractivity contribution in [2.24, 2.45) is 0 Å². The van der Waals surface area contributed by atoms with Crippen LogP contribution in [-0.4, -0.2) is 10.9 Å². The Morgan fingerprint density at radius 3 is 2.42 bits per heavy atom. The average molecular weight is 332 g/mol. The Hall–Kier alpha value is -2.76. The van der Waals surface area contributed by atoms with Gasteiger partial charge in [0.15, 0.2) is 0 Å². The fourth-order valence-electron chi connectivity index (χ4n) is 2.61. The third kappa shape index (κ3) is 2.75. The summed E-state index contributed by atoms with van der Waals surface area (Å²) >= 11 is 0. The maximum absolute atomic E-state index is 13.7. The molecule has 0 spiro atoms. The number of benzene rings is 2.